The maximum atomic E-state index is 12.1. The Kier molecular flexibility index (Phi) is 3.03. The van der Waals surface area contributed by atoms with Gasteiger partial charge in [0.15, 0.2) is 0 Å². The lowest BCUT2D eigenvalue weighted by atomic mass is 10.0. The van der Waals surface area contributed by atoms with Gasteiger partial charge in [-0.3, -0.25) is 0 Å². The molecule has 2 aliphatic rings. The van der Waals surface area contributed by atoms with Gasteiger partial charge in [-0.1, -0.05) is 0 Å². The van der Waals surface area contributed by atoms with Crippen LogP contribution in [-0.2, 0) is 10.2 Å². The van der Waals surface area contributed by atoms with Crippen LogP contribution in [0, 0.1) is 11.8 Å². The number of nitrogens with zero attached hydrogens (tertiary/aromatic N) is 1. The second-order valence-corrected chi connectivity index (χ2v) is 7.52. The lowest BCUT2D eigenvalue weighted by molar-refractivity contribution is 0.410. The zero-order valence-corrected chi connectivity index (χ0v) is 11.0. The molecule has 2 N–H and O–H groups in total. The van der Waals surface area contributed by atoms with E-state index in [0.29, 0.717) is 24.9 Å². The molecule has 2 aliphatic heterocycles. The summed E-state index contributed by atoms with van der Waals surface area (Å²) in [5.74, 6) is 0.994. The van der Waals surface area contributed by atoms with Crippen LogP contribution in [-0.4, -0.2) is 44.4 Å². The first kappa shape index (κ1) is 12.3. The average molecular weight is 247 g/mol. The van der Waals surface area contributed by atoms with E-state index in [9.17, 15) is 8.42 Å². The molecule has 0 aromatic heterocycles. The Morgan fingerprint density at radius 1 is 1.19 bits per heavy atom. The van der Waals surface area contributed by atoms with E-state index >= 15 is 0 Å². The monoisotopic (exact) mass is 247 g/mol. The van der Waals surface area contributed by atoms with Crippen molar-refractivity contribution < 1.29 is 8.42 Å². The Morgan fingerprint density at radius 3 is 2.12 bits per heavy atom. The van der Waals surface area contributed by atoms with Crippen LogP contribution in [0.1, 0.15) is 20.8 Å². The molecule has 0 aromatic rings. The van der Waals surface area contributed by atoms with Crippen LogP contribution in [0.3, 0.4) is 0 Å². The van der Waals surface area contributed by atoms with Crippen molar-refractivity contribution in [1.82, 2.24) is 14.3 Å². The summed E-state index contributed by atoms with van der Waals surface area (Å²) in [4.78, 5) is 0. The first-order valence-corrected chi connectivity index (χ1v) is 7.22. The number of nitrogens with one attached hydrogen (secondary N) is 2. The molecule has 0 aromatic carbocycles. The van der Waals surface area contributed by atoms with E-state index in [1.54, 1.807) is 4.31 Å². The minimum atomic E-state index is -3.30. The summed E-state index contributed by atoms with van der Waals surface area (Å²) in [7, 11) is -3.30. The molecule has 2 heterocycles. The molecule has 2 atom stereocenters. The van der Waals surface area contributed by atoms with E-state index in [0.717, 1.165) is 13.1 Å². The van der Waals surface area contributed by atoms with Crippen LogP contribution in [0.4, 0.5) is 0 Å². The summed E-state index contributed by atoms with van der Waals surface area (Å²) >= 11 is 0. The van der Waals surface area contributed by atoms with Crippen LogP contribution in [0.5, 0.6) is 0 Å². The summed E-state index contributed by atoms with van der Waals surface area (Å²) in [5.41, 5.74) is -0.408. The molecule has 16 heavy (non-hydrogen) atoms. The third kappa shape index (κ3) is 2.56. The van der Waals surface area contributed by atoms with Crippen LogP contribution in [0.25, 0.3) is 0 Å². The fourth-order valence-corrected chi connectivity index (χ4v) is 4.14. The summed E-state index contributed by atoms with van der Waals surface area (Å²) in [5, 5.41) is 3.30. The van der Waals surface area contributed by atoms with Gasteiger partial charge in [0, 0.05) is 18.6 Å². The number of hydrogen-bond acceptors (Lipinski definition) is 3. The summed E-state index contributed by atoms with van der Waals surface area (Å²) < 4.78 is 28.4. The van der Waals surface area contributed by atoms with Crippen molar-refractivity contribution in [1.29, 1.82) is 0 Å². The number of fused-ring (bicyclic) bond motifs is 1. The van der Waals surface area contributed by atoms with Crippen molar-refractivity contribution >= 4 is 10.2 Å². The van der Waals surface area contributed by atoms with Gasteiger partial charge in [-0.2, -0.15) is 17.4 Å². The molecule has 0 bridgehead atoms. The molecule has 5 nitrogen and oxygen atoms in total. The highest BCUT2D eigenvalue weighted by molar-refractivity contribution is 7.87. The molecule has 0 saturated carbocycles. The largest absolute Gasteiger partial charge is 0.316 e. The molecular formula is C10H21N3O2S. The van der Waals surface area contributed by atoms with Gasteiger partial charge in [-0.25, -0.2) is 0 Å². The maximum absolute atomic E-state index is 12.1. The van der Waals surface area contributed by atoms with Gasteiger partial charge in [0.05, 0.1) is 0 Å². The standard InChI is InChI=1S/C10H21N3O2S/c1-10(2,3)12-16(14,15)13-6-8-4-11-5-9(8)7-13/h8-9,11-12H,4-7H2,1-3H3/t8-,9+. The minimum Gasteiger partial charge on any atom is -0.316 e. The molecule has 0 amide bonds. The fraction of sp³-hybridized carbons (Fsp3) is 1.00. The minimum absolute atomic E-state index is 0.408. The van der Waals surface area contributed by atoms with Gasteiger partial charge in [0.1, 0.15) is 0 Å². The Morgan fingerprint density at radius 2 is 1.69 bits per heavy atom. The second-order valence-electron chi connectivity index (χ2n) is 5.85. The molecular weight excluding hydrogens is 226 g/mol. The maximum Gasteiger partial charge on any atom is 0.279 e. The molecule has 2 saturated heterocycles. The van der Waals surface area contributed by atoms with Crippen LogP contribution >= 0.6 is 0 Å². The zero-order valence-electron chi connectivity index (χ0n) is 10.2. The van der Waals surface area contributed by atoms with Crippen molar-refractivity contribution in [3.63, 3.8) is 0 Å². The third-order valence-corrected chi connectivity index (χ3v) is 4.98. The Balaban J connectivity index is 2.03. The van der Waals surface area contributed by atoms with Gasteiger partial charge >= 0.3 is 0 Å². The molecule has 6 heteroatoms. The topological polar surface area (TPSA) is 61.4 Å². The van der Waals surface area contributed by atoms with Gasteiger partial charge < -0.3 is 5.32 Å². The highest BCUT2D eigenvalue weighted by Gasteiger charge is 2.41. The van der Waals surface area contributed by atoms with Crippen molar-refractivity contribution in [3.8, 4) is 0 Å². The number of rotatable bonds is 2. The normalized spacial score (nSPS) is 31.9. The lowest BCUT2D eigenvalue weighted by Crippen LogP contribution is -2.48. The summed E-state index contributed by atoms with van der Waals surface area (Å²) in [6.45, 7) is 8.81. The van der Waals surface area contributed by atoms with E-state index in [1.807, 2.05) is 20.8 Å². The molecule has 0 spiro atoms. The predicted molar refractivity (Wildman–Crippen MR) is 63.2 cm³/mol. The Hall–Kier alpha value is -0.170. The Bertz CT molecular complexity index is 349. The van der Waals surface area contributed by atoms with Gasteiger partial charge in [0.25, 0.3) is 10.2 Å². The smallest absolute Gasteiger partial charge is 0.279 e. The van der Waals surface area contributed by atoms with Crippen LogP contribution in [0.15, 0.2) is 0 Å². The summed E-state index contributed by atoms with van der Waals surface area (Å²) in [6, 6.07) is 0. The van der Waals surface area contributed by atoms with Crippen LogP contribution < -0.4 is 10.0 Å². The van der Waals surface area contributed by atoms with Crippen molar-refractivity contribution in [2.24, 2.45) is 11.8 Å². The first-order chi connectivity index (χ1) is 7.28. The van der Waals surface area contributed by atoms with Gasteiger partial charge in [-0.05, 0) is 45.7 Å². The predicted octanol–water partition coefficient (Wildman–Crippen LogP) is -0.229. The highest BCUT2D eigenvalue weighted by atomic mass is 32.2. The first-order valence-electron chi connectivity index (χ1n) is 5.78. The Labute approximate surface area is 97.8 Å². The van der Waals surface area contributed by atoms with E-state index < -0.39 is 15.7 Å². The average Bonchev–Trinajstić information content (AvgIpc) is 2.54. The fourth-order valence-electron chi connectivity index (χ4n) is 2.46. The van der Waals surface area contributed by atoms with Crippen molar-refractivity contribution in [2.45, 2.75) is 26.3 Å². The van der Waals surface area contributed by atoms with E-state index in [2.05, 4.69) is 10.0 Å². The number of hydrogen-bond donors (Lipinski definition) is 2. The molecule has 2 fully saturated rings. The van der Waals surface area contributed by atoms with Gasteiger partial charge in [-0.15, -0.1) is 0 Å². The van der Waals surface area contributed by atoms with Crippen molar-refractivity contribution in [2.75, 3.05) is 26.2 Å². The molecule has 0 unspecified atom stereocenters. The lowest BCUT2D eigenvalue weighted by Gasteiger charge is -2.25. The molecule has 0 radical (unpaired) electrons. The van der Waals surface area contributed by atoms with Gasteiger partial charge in [0.2, 0.25) is 0 Å². The molecule has 2 rings (SSSR count). The highest BCUT2D eigenvalue weighted by Crippen LogP contribution is 2.28. The quantitative estimate of drug-likeness (QED) is 0.708. The SMILES string of the molecule is CC(C)(C)NS(=O)(=O)N1C[C@H]2CNC[C@H]2C1. The van der Waals surface area contributed by atoms with Crippen molar-refractivity contribution in [3.05, 3.63) is 0 Å². The van der Waals surface area contributed by atoms with Crippen LogP contribution in [0.2, 0.25) is 0 Å². The zero-order chi connectivity index (χ0) is 12.0. The van der Waals surface area contributed by atoms with E-state index in [-0.39, 0.29) is 0 Å². The molecule has 94 valence electrons. The summed E-state index contributed by atoms with van der Waals surface area (Å²) in [6.07, 6.45) is 0. The molecule has 0 aliphatic carbocycles. The second kappa shape index (κ2) is 3.94. The third-order valence-electron chi connectivity index (χ3n) is 3.13. The van der Waals surface area contributed by atoms with E-state index in [4.69, 9.17) is 0 Å². The van der Waals surface area contributed by atoms with E-state index in [1.165, 1.54) is 0 Å².